The van der Waals surface area contributed by atoms with E-state index in [2.05, 4.69) is 16.7 Å². The third-order valence-corrected chi connectivity index (χ3v) is 4.54. The van der Waals surface area contributed by atoms with E-state index < -0.39 is 6.10 Å². The van der Waals surface area contributed by atoms with Gasteiger partial charge in [-0.1, -0.05) is 54.6 Å². The highest BCUT2D eigenvalue weighted by Gasteiger charge is 2.20. The molecule has 0 radical (unpaired) electrons. The minimum atomic E-state index is -0.808. The third kappa shape index (κ3) is 3.07. The van der Waals surface area contributed by atoms with E-state index in [9.17, 15) is 5.11 Å². The number of nitrogens with zero attached hydrogens (tertiary/aromatic N) is 2. The lowest BCUT2D eigenvalue weighted by Gasteiger charge is -2.15. The summed E-state index contributed by atoms with van der Waals surface area (Å²) in [5, 5.41) is 11.0. The smallest absolute Gasteiger partial charge is 0.143 e. The van der Waals surface area contributed by atoms with Gasteiger partial charge in [-0.2, -0.15) is 0 Å². The largest absolute Gasteiger partial charge is 0.497 e. The number of rotatable bonds is 5. The molecule has 3 aromatic carbocycles. The fourth-order valence-corrected chi connectivity index (χ4v) is 3.17. The summed E-state index contributed by atoms with van der Waals surface area (Å²) in [7, 11) is 1.63. The van der Waals surface area contributed by atoms with Crippen LogP contribution >= 0.6 is 0 Å². The van der Waals surface area contributed by atoms with Gasteiger partial charge in [0, 0.05) is 6.54 Å². The maximum Gasteiger partial charge on any atom is 0.143 e. The van der Waals surface area contributed by atoms with Crippen LogP contribution in [0.15, 0.2) is 78.9 Å². The monoisotopic (exact) mass is 344 g/mol. The molecule has 1 atom stereocenters. The van der Waals surface area contributed by atoms with Crippen molar-refractivity contribution in [3.8, 4) is 5.75 Å². The van der Waals surface area contributed by atoms with E-state index >= 15 is 0 Å². The molecule has 4 heteroatoms. The summed E-state index contributed by atoms with van der Waals surface area (Å²) in [5.74, 6) is 1.40. The SMILES string of the molecule is COc1ccc([C@@H](O)c2nc3ccccc3n2Cc2ccccc2)cc1. The van der Waals surface area contributed by atoms with E-state index in [1.807, 2.05) is 66.7 Å². The van der Waals surface area contributed by atoms with Crippen molar-refractivity contribution in [1.82, 2.24) is 9.55 Å². The van der Waals surface area contributed by atoms with Gasteiger partial charge in [0.1, 0.15) is 17.7 Å². The average molecular weight is 344 g/mol. The van der Waals surface area contributed by atoms with Gasteiger partial charge in [0.2, 0.25) is 0 Å². The van der Waals surface area contributed by atoms with Crippen LogP contribution in [0.2, 0.25) is 0 Å². The van der Waals surface area contributed by atoms with E-state index in [1.165, 1.54) is 5.56 Å². The van der Waals surface area contributed by atoms with Crippen LogP contribution in [-0.4, -0.2) is 21.8 Å². The number of fused-ring (bicyclic) bond motifs is 1. The van der Waals surface area contributed by atoms with Crippen LogP contribution in [0, 0.1) is 0 Å². The second kappa shape index (κ2) is 7.02. The van der Waals surface area contributed by atoms with Crippen LogP contribution in [0.25, 0.3) is 11.0 Å². The van der Waals surface area contributed by atoms with Crippen LogP contribution in [0.5, 0.6) is 5.75 Å². The van der Waals surface area contributed by atoms with Crippen molar-refractivity contribution >= 4 is 11.0 Å². The first-order valence-corrected chi connectivity index (χ1v) is 8.57. The van der Waals surface area contributed by atoms with Crippen molar-refractivity contribution in [2.24, 2.45) is 0 Å². The first-order valence-electron chi connectivity index (χ1n) is 8.57. The van der Waals surface area contributed by atoms with Crippen molar-refractivity contribution in [2.45, 2.75) is 12.6 Å². The topological polar surface area (TPSA) is 47.3 Å². The highest BCUT2D eigenvalue weighted by Crippen LogP contribution is 2.27. The van der Waals surface area contributed by atoms with Crippen molar-refractivity contribution in [3.05, 3.63) is 95.8 Å². The molecular weight excluding hydrogens is 324 g/mol. The zero-order valence-electron chi connectivity index (χ0n) is 14.5. The number of benzene rings is 3. The Balaban J connectivity index is 1.79. The van der Waals surface area contributed by atoms with Crippen molar-refractivity contribution in [3.63, 3.8) is 0 Å². The van der Waals surface area contributed by atoms with E-state index in [1.54, 1.807) is 7.11 Å². The molecular formula is C22H20N2O2. The third-order valence-electron chi connectivity index (χ3n) is 4.54. The summed E-state index contributed by atoms with van der Waals surface area (Å²) in [6, 6.07) is 25.6. The van der Waals surface area contributed by atoms with Crippen LogP contribution < -0.4 is 4.74 Å². The number of hydrogen-bond acceptors (Lipinski definition) is 3. The fourth-order valence-electron chi connectivity index (χ4n) is 3.17. The van der Waals surface area contributed by atoms with Crippen LogP contribution in [0.3, 0.4) is 0 Å². The lowest BCUT2D eigenvalue weighted by molar-refractivity contribution is 0.206. The minimum absolute atomic E-state index is 0.639. The molecule has 0 amide bonds. The molecule has 4 rings (SSSR count). The fraction of sp³-hybridized carbons (Fsp3) is 0.136. The summed E-state index contributed by atoms with van der Waals surface area (Å²) < 4.78 is 7.29. The van der Waals surface area contributed by atoms with Crippen molar-refractivity contribution in [1.29, 1.82) is 0 Å². The van der Waals surface area contributed by atoms with Gasteiger partial charge in [-0.3, -0.25) is 0 Å². The van der Waals surface area contributed by atoms with Gasteiger partial charge < -0.3 is 14.4 Å². The molecule has 0 bridgehead atoms. The number of para-hydroxylation sites is 2. The molecule has 130 valence electrons. The predicted octanol–water partition coefficient (Wildman–Crippen LogP) is 4.17. The van der Waals surface area contributed by atoms with Gasteiger partial charge in [-0.05, 0) is 35.4 Å². The Hall–Kier alpha value is -3.11. The molecule has 0 aliphatic carbocycles. The predicted molar refractivity (Wildman–Crippen MR) is 102 cm³/mol. The molecule has 0 unspecified atom stereocenters. The second-order valence-corrected chi connectivity index (χ2v) is 6.21. The van der Waals surface area contributed by atoms with Crippen LogP contribution in [0.1, 0.15) is 23.1 Å². The first-order chi connectivity index (χ1) is 12.8. The number of aromatic nitrogens is 2. The maximum absolute atomic E-state index is 11.0. The maximum atomic E-state index is 11.0. The molecule has 0 saturated heterocycles. The van der Waals surface area contributed by atoms with E-state index in [-0.39, 0.29) is 0 Å². The van der Waals surface area contributed by atoms with Gasteiger partial charge in [-0.25, -0.2) is 4.98 Å². The average Bonchev–Trinajstić information content (AvgIpc) is 3.07. The Bertz CT molecular complexity index is 1010. The lowest BCUT2D eigenvalue weighted by atomic mass is 10.1. The minimum Gasteiger partial charge on any atom is -0.497 e. The van der Waals surface area contributed by atoms with Crippen LogP contribution in [-0.2, 0) is 6.54 Å². The van der Waals surface area contributed by atoms with Gasteiger partial charge in [0.15, 0.2) is 0 Å². The standard InChI is InChI=1S/C22H20N2O2/c1-26-18-13-11-17(12-14-18)21(25)22-23-19-9-5-6-10-20(19)24(22)15-16-7-3-2-4-8-16/h2-14,21,25H,15H2,1H3/t21-/m1/s1. The number of ether oxygens (including phenoxy) is 1. The molecule has 0 saturated carbocycles. The molecule has 1 N–H and O–H groups in total. The van der Waals surface area contributed by atoms with E-state index in [0.29, 0.717) is 12.4 Å². The molecule has 4 aromatic rings. The molecule has 0 aliphatic heterocycles. The number of aliphatic hydroxyl groups excluding tert-OH is 1. The number of hydrogen-bond donors (Lipinski definition) is 1. The zero-order chi connectivity index (χ0) is 17.9. The Kier molecular flexibility index (Phi) is 4.42. The van der Waals surface area contributed by atoms with Gasteiger partial charge >= 0.3 is 0 Å². The Morgan fingerprint density at radius 1 is 0.923 bits per heavy atom. The number of imidazole rings is 1. The second-order valence-electron chi connectivity index (χ2n) is 6.21. The molecule has 26 heavy (non-hydrogen) atoms. The lowest BCUT2D eigenvalue weighted by Crippen LogP contribution is -2.11. The molecule has 4 nitrogen and oxygen atoms in total. The Morgan fingerprint density at radius 3 is 2.35 bits per heavy atom. The highest BCUT2D eigenvalue weighted by molar-refractivity contribution is 5.76. The summed E-state index contributed by atoms with van der Waals surface area (Å²) in [4.78, 5) is 4.71. The quantitative estimate of drug-likeness (QED) is 0.591. The molecule has 1 aromatic heterocycles. The number of methoxy groups -OCH3 is 1. The first kappa shape index (κ1) is 16.4. The molecule has 0 spiro atoms. The van der Waals surface area contributed by atoms with Crippen LogP contribution in [0.4, 0.5) is 0 Å². The highest BCUT2D eigenvalue weighted by atomic mass is 16.5. The zero-order valence-corrected chi connectivity index (χ0v) is 14.5. The molecule has 1 heterocycles. The molecule has 0 fully saturated rings. The van der Waals surface area contributed by atoms with Gasteiger partial charge in [-0.15, -0.1) is 0 Å². The summed E-state index contributed by atoms with van der Waals surface area (Å²) in [6.07, 6.45) is -0.808. The molecule has 0 aliphatic rings. The summed E-state index contributed by atoms with van der Waals surface area (Å²) in [5.41, 5.74) is 3.85. The summed E-state index contributed by atoms with van der Waals surface area (Å²) >= 11 is 0. The van der Waals surface area contributed by atoms with Crippen molar-refractivity contribution in [2.75, 3.05) is 7.11 Å². The van der Waals surface area contributed by atoms with Gasteiger partial charge in [0.25, 0.3) is 0 Å². The Morgan fingerprint density at radius 2 is 1.62 bits per heavy atom. The van der Waals surface area contributed by atoms with Gasteiger partial charge in [0.05, 0.1) is 18.1 Å². The van der Waals surface area contributed by atoms with E-state index in [0.717, 1.165) is 22.3 Å². The normalized spacial score (nSPS) is 12.2. The number of aliphatic hydroxyl groups is 1. The van der Waals surface area contributed by atoms with Crippen molar-refractivity contribution < 1.29 is 9.84 Å². The van der Waals surface area contributed by atoms with E-state index in [4.69, 9.17) is 9.72 Å². The Labute approximate surface area is 152 Å². The summed E-state index contributed by atoms with van der Waals surface area (Å²) in [6.45, 7) is 0.657.